The number of methoxy groups -OCH3 is 1. The van der Waals surface area contributed by atoms with Gasteiger partial charge in [-0.3, -0.25) is 0 Å². The lowest BCUT2D eigenvalue weighted by atomic mass is 9.96. The van der Waals surface area contributed by atoms with Crippen LogP contribution in [-0.4, -0.2) is 31.4 Å². The minimum Gasteiger partial charge on any atom is -0.383 e. The summed E-state index contributed by atoms with van der Waals surface area (Å²) in [6.07, 6.45) is 4.76. The average Bonchev–Trinajstić information content (AvgIpc) is 2.75. The SMILES string of the molecule is COCCn1cccc1[C@@H]1CCCNC1. The monoisotopic (exact) mass is 208 g/mol. The minimum atomic E-state index is 0.686. The third-order valence-electron chi connectivity index (χ3n) is 3.12. The molecule has 0 radical (unpaired) electrons. The Morgan fingerprint density at radius 1 is 1.60 bits per heavy atom. The third-order valence-corrected chi connectivity index (χ3v) is 3.12. The van der Waals surface area contributed by atoms with Gasteiger partial charge in [0.15, 0.2) is 0 Å². The van der Waals surface area contributed by atoms with Crippen molar-refractivity contribution in [3.8, 4) is 0 Å². The van der Waals surface area contributed by atoms with Crippen molar-refractivity contribution in [3.63, 3.8) is 0 Å². The molecule has 0 saturated carbocycles. The van der Waals surface area contributed by atoms with Crippen molar-refractivity contribution in [2.24, 2.45) is 0 Å². The van der Waals surface area contributed by atoms with Crippen LogP contribution in [0.15, 0.2) is 18.3 Å². The summed E-state index contributed by atoms with van der Waals surface area (Å²) in [4.78, 5) is 0. The van der Waals surface area contributed by atoms with Crippen LogP contribution in [0.1, 0.15) is 24.5 Å². The molecule has 1 fully saturated rings. The van der Waals surface area contributed by atoms with Crippen LogP contribution in [0, 0.1) is 0 Å². The standard InChI is InChI=1S/C12H20N2O/c1-15-9-8-14-7-3-5-12(14)11-4-2-6-13-10-11/h3,5,7,11,13H,2,4,6,8-10H2,1H3/t11-/m1/s1. The first-order valence-corrected chi connectivity index (χ1v) is 5.76. The normalized spacial score (nSPS) is 21.8. The van der Waals surface area contributed by atoms with Crippen molar-refractivity contribution < 1.29 is 4.74 Å². The molecule has 1 aliphatic rings. The lowest BCUT2D eigenvalue weighted by Crippen LogP contribution is -2.29. The Balaban J connectivity index is 2.02. The average molecular weight is 208 g/mol. The van der Waals surface area contributed by atoms with E-state index in [1.54, 1.807) is 7.11 Å². The van der Waals surface area contributed by atoms with Crippen molar-refractivity contribution in [1.29, 1.82) is 0 Å². The number of piperidine rings is 1. The number of hydrogen-bond donors (Lipinski definition) is 1. The lowest BCUT2D eigenvalue weighted by molar-refractivity contribution is 0.186. The Bertz CT molecular complexity index is 290. The van der Waals surface area contributed by atoms with Gasteiger partial charge in [-0.1, -0.05) is 0 Å². The number of ether oxygens (including phenoxy) is 1. The molecule has 1 saturated heterocycles. The highest BCUT2D eigenvalue weighted by atomic mass is 16.5. The third kappa shape index (κ3) is 2.61. The van der Waals surface area contributed by atoms with Crippen LogP contribution in [-0.2, 0) is 11.3 Å². The molecular formula is C12H20N2O. The molecule has 0 aliphatic carbocycles. The predicted octanol–water partition coefficient (Wildman–Crippen LogP) is 1.60. The Labute approximate surface area is 91.4 Å². The van der Waals surface area contributed by atoms with Crippen molar-refractivity contribution in [1.82, 2.24) is 9.88 Å². The van der Waals surface area contributed by atoms with Gasteiger partial charge in [0.2, 0.25) is 0 Å². The molecule has 15 heavy (non-hydrogen) atoms. The quantitative estimate of drug-likeness (QED) is 0.813. The maximum absolute atomic E-state index is 5.12. The van der Waals surface area contributed by atoms with E-state index in [-0.39, 0.29) is 0 Å². The van der Waals surface area contributed by atoms with E-state index in [1.807, 2.05) is 0 Å². The van der Waals surface area contributed by atoms with Crippen LogP contribution < -0.4 is 5.32 Å². The number of nitrogens with one attached hydrogen (secondary N) is 1. The van der Waals surface area contributed by atoms with Gasteiger partial charge in [0, 0.05) is 38.0 Å². The van der Waals surface area contributed by atoms with Crippen molar-refractivity contribution in [2.45, 2.75) is 25.3 Å². The van der Waals surface area contributed by atoms with Gasteiger partial charge < -0.3 is 14.6 Å². The van der Waals surface area contributed by atoms with E-state index in [0.29, 0.717) is 5.92 Å². The Hall–Kier alpha value is -0.800. The molecule has 1 N–H and O–H groups in total. The fourth-order valence-electron chi connectivity index (χ4n) is 2.30. The fraction of sp³-hybridized carbons (Fsp3) is 0.667. The zero-order valence-electron chi connectivity index (χ0n) is 9.41. The lowest BCUT2D eigenvalue weighted by Gasteiger charge is -2.24. The topological polar surface area (TPSA) is 26.2 Å². The molecule has 2 heterocycles. The summed E-state index contributed by atoms with van der Waals surface area (Å²) < 4.78 is 7.44. The van der Waals surface area contributed by atoms with E-state index >= 15 is 0 Å². The van der Waals surface area contributed by atoms with Gasteiger partial charge in [-0.2, -0.15) is 0 Å². The number of hydrogen-bond acceptors (Lipinski definition) is 2. The zero-order valence-corrected chi connectivity index (χ0v) is 9.41. The summed E-state index contributed by atoms with van der Waals surface area (Å²) in [5.74, 6) is 0.686. The smallest absolute Gasteiger partial charge is 0.0641 e. The maximum atomic E-state index is 5.12. The van der Waals surface area contributed by atoms with Gasteiger partial charge in [-0.25, -0.2) is 0 Å². The van der Waals surface area contributed by atoms with Crippen LogP contribution in [0.25, 0.3) is 0 Å². The van der Waals surface area contributed by atoms with E-state index in [9.17, 15) is 0 Å². The van der Waals surface area contributed by atoms with Crippen LogP contribution in [0.5, 0.6) is 0 Å². The molecule has 1 aromatic heterocycles. The molecule has 0 spiro atoms. The van der Waals surface area contributed by atoms with Crippen LogP contribution >= 0.6 is 0 Å². The van der Waals surface area contributed by atoms with Crippen LogP contribution in [0.2, 0.25) is 0 Å². The first kappa shape index (κ1) is 10.7. The Morgan fingerprint density at radius 2 is 2.53 bits per heavy atom. The van der Waals surface area contributed by atoms with Crippen molar-refractivity contribution >= 4 is 0 Å². The molecule has 3 heteroatoms. The first-order valence-electron chi connectivity index (χ1n) is 5.76. The van der Waals surface area contributed by atoms with Gasteiger partial charge in [-0.15, -0.1) is 0 Å². The first-order chi connectivity index (χ1) is 7.42. The zero-order chi connectivity index (χ0) is 10.5. The summed E-state index contributed by atoms with van der Waals surface area (Å²) in [6, 6.07) is 4.38. The summed E-state index contributed by atoms with van der Waals surface area (Å²) in [7, 11) is 1.76. The molecule has 1 aromatic rings. The Kier molecular flexibility index (Phi) is 3.80. The fourth-order valence-corrected chi connectivity index (χ4v) is 2.30. The highest BCUT2D eigenvalue weighted by Crippen LogP contribution is 2.23. The molecular weight excluding hydrogens is 188 g/mol. The van der Waals surface area contributed by atoms with Gasteiger partial charge in [0.05, 0.1) is 6.61 Å². The second kappa shape index (κ2) is 5.33. The number of aromatic nitrogens is 1. The van der Waals surface area contributed by atoms with Crippen molar-refractivity contribution in [3.05, 3.63) is 24.0 Å². The van der Waals surface area contributed by atoms with Gasteiger partial charge in [0.1, 0.15) is 0 Å². The second-order valence-corrected chi connectivity index (χ2v) is 4.16. The number of rotatable bonds is 4. The van der Waals surface area contributed by atoms with Gasteiger partial charge in [-0.05, 0) is 31.5 Å². The molecule has 1 atom stereocenters. The molecule has 0 amide bonds. The maximum Gasteiger partial charge on any atom is 0.0641 e. The molecule has 3 nitrogen and oxygen atoms in total. The molecule has 0 aromatic carbocycles. The second-order valence-electron chi connectivity index (χ2n) is 4.16. The van der Waals surface area contributed by atoms with Crippen LogP contribution in [0.3, 0.4) is 0 Å². The van der Waals surface area contributed by atoms with E-state index in [1.165, 1.54) is 25.1 Å². The van der Waals surface area contributed by atoms with Gasteiger partial charge in [0.25, 0.3) is 0 Å². The molecule has 0 unspecified atom stereocenters. The van der Waals surface area contributed by atoms with E-state index < -0.39 is 0 Å². The summed E-state index contributed by atoms with van der Waals surface area (Å²) >= 11 is 0. The Morgan fingerprint density at radius 3 is 3.27 bits per heavy atom. The predicted molar refractivity (Wildman–Crippen MR) is 61.2 cm³/mol. The van der Waals surface area contributed by atoms with Crippen LogP contribution in [0.4, 0.5) is 0 Å². The summed E-state index contributed by atoms with van der Waals surface area (Å²) in [5.41, 5.74) is 1.46. The minimum absolute atomic E-state index is 0.686. The van der Waals surface area contributed by atoms with Crippen molar-refractivity contribution in [2.75, 3.05) is 26.8 Å². The molecule has 0 bridgehead atoms. The largest absolute Gasteiger partial charge is 0.383 e. The molecule has 84 valence electrons. The summed E-state index contributed by atoms with van der Waals surface area (Å²) in [6.45, 7) is 4.06. The highest BCUT2D eigenvalue weighted by Gasteiger charge is 2.17. The highest BCUT2D eigenvalue weighted by molar-refractivity contribution is 5.14. The van der Waals surface area contributed by atoms with E-state index in [4.69, 9.17) is 4.74 Å². The molecule has 2 rings (SSSR count). The molecule has 1 aliphatic heterocycles. The number of nitrogens with zero attached hydrogens (tertiary/aromatic N) is 1. The summed E-state index contributed by atoms with van der Waals surface area (Å²) in [5, 5.41) is 3.46. The van der Waals surface area contributed by atoms with E-state index in [2.05, 4.69) is 28.2 Å². The van der Waals surface area contributed by atoms with Gasteiger partial charge >= 0.3 is 0 Å². The van der Waals surface area contributed by atoms with E-state index in [0.717, 1.165) is 19.7 Å².